The average molecular weight is 302 g/mol. The Morgan fingerprint density at radius 3 is 2.63 bits per heavy atom. The maximum absolute atomic E-state index is 12.0. The number of nitrogens with zero attached hydrogens (tertiary/aromatic N) is 2. The molecule has 2 rings (SSSR count). The third-order valence-corrected chi connectivity index (χ3v) is 4.24. The molecule has 0 aliphatic heterocycles. The maximum atomic E-state index is 12.0. The first-order chi connectivity index (χ1) is 8.90. The molecule has 0 fully saturated rings. The van der Waals surface area contributed by atoms with Gasteiger partial charge in [0.25, 0.3) is 0 Å². The summed E-state index contributed by atoms with van der Waals surface area (Å²) in [5.74, 6) is 0.592. The SMILES string of the molecule is Cc1noc(C)c1CNS(=O)(=O)c1ccc(Cl)nc1. The van der Waals surface area contributed by atoms with Gasteiger partial charge in [-0.1, -0.05) is 16.8 Å². The van der Waals surface area contributed by atoms with Crippen LogP contribution in [0.5, 0.6) is 0 Å². The molecule has 0 aliphatic rings. The van der Waals surface area contributed by atoms with Crippen molar-refractivity contribution in [1.82, 2.24) is 14.9 Å². The molecule has 0 saturated carbocycles. The van der Waals surface area contributed by atoms with Crippen molar-refractivity contribution in [2.75, 3.05) is 0 Å². The highest BCUT2D eigenvalue weighted by atomic mass is 35.5. The Bertz CT molecular complexity index is 660. The molecule has 0 unspecified atom stereocenters. The minimum Gasteiger partial charge on any atom is -0.361 e. The van der Waals surface area contributed by atoms with Gasteiger partial charge in [0.15, 0.2) is 0 Å². The van der Waals surface area contributed by atoms with Gasteiger partial charge in [0.05, 0.1) is 5.69 Å². The summed E-state index contributed by atoms with van der Waals surface area (Å²) in [5, 5.41) is 4.00. The first-order valence-corrected chi connectivity index (χ1v) is 7.29. The van der Waals surface area contributed by atoms with Gasteiger partial charge in [0.2, 0.25) is 10.0 Å². The Balaban J connectivity index is 2.16. The molecule has 0 spiro atoms. The van der Waals surface area contributed by atoms with Crippen molar-refractivity contribution in [1.29, 1.82) is 0 Å². The van der Waals surface area contributed by atoms with E-state index in [4.69, 9.17) is 16.1 Å². The van der Waals surface area contributed by atoms with Crippen LogP contribution in [0.15, 0.2) is 27.7 Å². The molecule has 0 radical (unpaired) electrons. The highest BCUT2D eigenvalue weighted by Crippen LogP contribution is 2.14. The van der Waals surface area contributed by atoms with Crippen LogP contribution in [0, 0.1) is 13.8 Å². The molecule has 0 aromatic carbocycles. The lowest BCUT2D eigenvalue weighted by atomic mass is 10.2. The molecule has 8 heteroatoms. The second kappa shape index (κ2) is 5.28. The summed E-state index contributed by atoms with van der Waals surface area (Å²) in [6.07, 6.45) is 1.21. The van der Waals surface area contributed by atoms with Crippen molar-refractivity contribution in [2.24, 2.45) is 0 Å². The Hall–Kier alpha value is -1.44. The van der Waals surface area contributed by atoms with Gasteiger partial charge >= 0.3 is 0 Å². The number of aromatic nitrogens is 2. The molecule has 0 aliphatic carbocycles. The van der Waals surface area contributed by atoms with E-state index in [0.29, 0.717) is 11.5 Å². The molecule has 2 heterocycles. The fourth-order valence-corrected chi connectivity index (χ4v) is 2.58. The van der Waals surface area contributed by atoms with Gasteiger partial charge in [-0.15, -0.1) is 0 Å². The number of nitrogens with one attached hydrogen (secondary N) is 1. The number of hydrogen-bond donors (Lipinski definition) is 1. The Labute approximate surface area is 115 Å². The summed E-state index contributed by atoms with van der Waals surface area (Å²) in [4.78, 5) is 3.80. The summed E-state index contributed by atoms with van der Waals surface area (Å²) in [5.41, 5.74) is 1.39. The number of hydrogen-bond acceptors (Lipinski definition) is 5. The van der Waals surface area contributed by atoms with E-state index >= 15 is 0 Å². The van der Waals surface area contributed by atoms with E-state index in [1.54, 1.807) is 13.8 Å². The lowest BCUT2D eigenvalue weighted by Crippen LogP contribution is -2.23. The number of sulfonamides is 1. The van der Waals surface area contributed by atoms with E-state index in [1.165, 1.54) is 18.3 Å². The van der Waals surface area contributed by atoms with Gasteiger partial charge in [0, 0.05) is 18.3 Å². The van der Waals surface area contributed by atoms with Crippen molar-refractivity contribution in [2.45, 2.75) is 25.3 Å². The highest BCUT2D eigenvalue weighted by molar-refractivity contribution is 7.89. The lowest BCUT2D eigenvalue weighted by Gasteiger charge is -2.06. The van der Waals surface area contributed by atoms with Crippen LogP contribution in [-0.4, -0.2) is 18.6 Å². The molecule has 0 bridgehead atoms. The number of rotatable bonds is 4. The second-order valence-electron chi connectivity index (χ2n) is 3.94. The van der Waals surface area contributed by atoms with Gasteiger partial charge in [0.1, 0.15) is 15.8 Å². The normalized spacial score (nSPS) is 11.7. The third kappa shape index (κ3) is 3.12. The second-order valence-corrected chi connectivity index (χ2v) is 6.10. The Kier molecular flexibility index (Phi) is 3.88. The minimum atomic E-state index is -3.63. The molecule has 2 aromatic rings. The smallest absolute Gasteiger partial charge is 0.242 e. The van der Waals surface area contributed by atoms with Gasteiger partial charge < -0.3 is 4.52 Å². The topological polar surface area (TPSA) is 85.1 Å². The standard InChI is InChI=1S/C11H12ClN3O3S/c1-7-10(8(2)18-15-7)6-14-19(16,17)9-3-4-11(12)13-5-9/h3-5,14H,6H2,1-2H3. The van der Waals surface area contributed by atoms with Crippen molar-refractivity contribution in [3.8, 4) is 0 Å². The number of pyridine rings is 1. The Morgan fingerprint density at radius 2 is 2.11 bits per heavy atom. The molecule has 6 nitrogen and oxygen atoms in total. The molecular weight excluding hydrogens is 290 g/mol. The van der Waals surface area contributed by atoms with Crippen LogP contribution in [0.4, 0.5) is 0 Å². The molecule has 0 amide bonds. The van der Waals surface area contributed by atoms with Crippen LogP contribution in [0.25, 0.3) is 0 Å². The number of aryl methyl sites for hydroxylation is 2. The maximum Gasteiger partial charge on any atom is 0.242 e. The van der Waals surface area contributed by atoms with Crippen molar-refractivity contribution in [3.63, 3.8) is 0 Å². The van der Waals surface area contributed by atoms with E-state index in [-0.39, 0.29) is 16.6 Å². The van der Waals surface area contributed by atoms with Crippen LogP contribution in [0.3, 0.4) is 0 Å². The van der Waals surface area contributed by atoms with Crippen LogP contribution < -0.4 is 4.72 Å². The summed E-state index contributed by atoms with van der Waals surface area (Å²) >= 11 is 5.61. The van der Waals surface area contributed by atoms with Crippen molar-refractivity contribution in [3.05, 3.63) is 40.5 Å². The predicted molar refractivity (Wildman–Crippen MR) is 69.2 cm³/mol. The quantitative estimate of drug-likeness (QED) is 0.871. The fourth-order valence-electron chi connectivity index (χ4n) is 1.53. The van der Waals surface area contributed by atoms with Crippen molar-refractivity contribution >= 4 is 21.6 Å². The molecule has 19 heavy (non-hydrogen) atoms. The van der Waals surface area contributed by atoms with Crippen LogP contribution in [0.2, 0.25) is 5.15 Å². The van der Waals surface area contributed by atoms with E-state index in [9.17, 15) is 8.42 Å². The molecule has 0 atom stereocenters. The molecule has 2 aromatic heterocycles. The zero-order valence-electron chi connectivity index (χ0n) is 10.3. The molecule has 0 saturated heterocycles. The summed E-state index contributed by atoms with van der Waals surface area (Å²) < 4.78 is 31.5. The van der Waals surface area contributed by atoms with Gasteiger partial charge in [-0.05, 0) is 26.0 Å². The van der Waals surface area contributed by atoms with E-state index in [2.05, 4.69) is 14.9 Å². The first kappa shape index (κ1) is 14.0. The largest absolute Gasteiger partial charge is 0.361 e. The van der Waals surface area contributed by atoms with Crippen molar-refractivity contribution < 1.29 is 12.9 Å². The van der Waals surface area contributed by atoms with Gasteiger partial charge in [-0.3, -0.25) is 0 Å². The van der Waals surface area contributed by atoms with Gasteiger partial charge in [-0.25, -0.2) is 18.1 Å². The molecule has 1 N–H and O–H groups in total. The monoisotopic (exact) mass is 301 g/mol. The lowest BCUT2D eigenvalue weighted by molar-refractivity contribution is 0.392. The van der Waals surface area contributed by atoms with E-state index in [0.717, 1.165) is 5.56 Å². The summed E-state index contributed by atoms with van der Waals surface area (Å²) in [6.45, 7) is 3.60. The Morgan fingerprint density at radius 1 is 1.37 bits per heavy atom. The van der Waals surface area contributed by atoms with E-state index < -0.39 is 10.0 Å². The minimum absolute atomic E-state index is 0.0589. The molecule has 102 valence electrons. The fraction of sp³-hybridized carbons (Fsp3) is 0.273. The third-order valence-electron chi connectivity index (χ3n) is 2.63. The highest BCUT2D eigenvalue weighted by Gasteiger charge is 2.17. The van der Waals surface area contributed by atoms with E-state index in [1.807, 2.05) is 0 Å². The van der Waals surface area contributed by atoms with Crippen LogP contribution >= 0.6 is 11.6 Å². The first-order valence-electron chi connectivity index (χ1n) is 5.43. The van der Waals surface area contributed by atoms with Crippen LogP contribution in [-0.2, 0) is 16.6 Å². The van der Waals surface area contributed by atoms with Gasteiger partial charge in [-0.2, -0.15) is 0 Å². The summed E-state index contributed by atoms with van der Waals surface area (Å²) in [7, 11) is -3.63. The molecular formula is C11H12ClN3O3S. The number of halogens is 1. The average Bonchev–Trinajstić information content (AvgIpc) is 2.67. The zero-order valence-corrected chi connectivity index (χ0v) is 11.9. The zero-order chi connectivity index (χ0) is 14.0. The van der Waals surface area contributed by atoms with Crippen LogP contribution in [0.1, 0.15) is 17.0 Å². The predicted octanol–water partition coefficient (Wildman–Crippen LogP) is 1.82. The summed E-state index contributed by atoms with van der Waals surface area (Å²) in [6, 6.07) is 2.82.